The third-order valence-corrected chi connectivity index (χ3v) is 4.23. The van der Waals surface area contributed by atoms with Crippen molar-refractivity contribution >= 4 is 11.7 Å². The third kappa shape index (κ3) is 2.48. The van der Waals surface area contributed by atoms with Gasteiger partial charge in [0.25, 0.3) is 11.5 Å². The fourth-order valence-electron chi connectivity index (χ4n) is 2.99. The van der Waals surface area contributed by atoms with Crippen molar-refractivity contribution in [3.05, 3.63) is 51.3 Å². The van der Waals surface area contributed by atoms with Crippen LogP contribution in [0.15, 0.2) is 23.1 Å². The number of fused-ring (bicyclic) bond motifs is 1. The van der Waals surface area contributed by atoms with Gasteiger partial charge in [0.15, 0.2) is 0 Å². The van der Waals surface area contributed by atoms with Crippen LogP contribution in [-0.4, -0.2) is 20.6 Å². The highest BCUT2D eigenvalue weighted by Gasteiger charge is 2.31. The van der Waals surface area contributed by atoms with Crippen molar-refractivity contribution in [2.75, 3.05) is 5.32 Å². The summed E-state index contributed by atoms with van der Waals surface area (Å²) in [4.78, 5) is 28.5. The standard InChI is InChI=1S/C16H16FN3O3/c1-8-3-5-10-12(8)14(21)13(16(23)20(10)2)15(22)19-11-6-4-9(17)7-18-11/h4,6-8,21H,3,5H2,1-2H3,(H,18,19,22)/t8-/m1/s1. The van der Waals surface area contributed by atoms with E-state index in [0.717, 1.165) is 24.4 Å². The number of carbonyl (C=O) groups excluding carboxylic acids is 1. The normalized spacial score (nSPS) is 16.2. The van der Waals surface area contributed by atoms with Crippen LogP contribution < -0.4 is 10.9 Å². The Hall–Kier alpha value is -2.70. The van der Waals surface area contributed by atoms with Crippen molar-refractivity contribution in [1.82, 2.24) is 9.55 Å². The zero-order valence-corrected chi connectivity index (χ0v) is 12.8. The zero-order chi connectivity index (χ0) is 16.7. The summed E-state index contributed by atoms with van der Waals surface area (Å²) >= 11 is 0. The van der Waals surface area contributed by atoms with Gasteiger partial charge in [0.2, 0.25) is 0 Å². The Kier molecular flexibility index (Phi) is 3.63. The van der Waals surface area contributed by atoms with Crippen LogP contribution in [-0.2, 0) is 13.5 Å². The van der Waals surface area contributed by atoms with Crippen LogP contribution in [0, 0.1) is 5.82 Å². The van der Waals surface area contributed by atoms with Crippen molar-refractivity contribution in [2.45, 2.75) is 25.7 Å². The SMILES string of the molecule is C[C@@H]1CCc2c1c(O)c(C(=O)Nc1ccc(F)cn1)c(=O)n2C. The molecule has 120 valence electrons. The molecule has 0 saturated heterocycles. The van der Waals surface area contributed by atoms with Crippen LogP contribution in [0.3, 0.4) is 0 Å². The van der Waals surface area contributed by atoms with E-state index in [0.29, 0.717) is 12.0 Å². The number of hydrogen-bond acceptors (Lipinski definition) is 4. The highest BCUT2D eigenvalue weighted by Crippen LogP contribution is 2.39. The maximum absolute atomic E-state index is 12.9. The third-order valence-electron chi connectivity index (χ3n) is 4.23. The Morgan fingerprint density at radius 1 is 1.48 bits per heavy atom. The van der Waals surface area contributed by atoms with Gasteiger partial charge in [0.05, 0.1) is 6.20 Å². The zero-order valence-electron chi connectivity index (χ0n) is 12.8. The van der Waals surface area contributed by atoms with Crippen molar-refractivity contribution in [3.8, 4) is 5.75 Å². The molecule has 3 rings (SSSR count). The van der Waals surface area contributed by atoms with E-state index < -0.39 is 17.3 Å². The van der Waals surface area contributed by atoms with E-state index in [9.17, 15) is 19.1 Å². The fourth-order valence-corrected chi connectivity index (χ4v) is 2.99. The van der Waals surface area contributed by atoms with Crippen LogP contribution >= 0.6 is 0 Å². The van der Waals surface area contributed by atoms with E-state index in [-0.39, 0.29) is 23.0 Å². The number of nitrogens with one attached hydrogen (secondary N) is 1. The molecule has 0 saturated carbocycles. The Morgan fingerprint density at radius 3 is 2.87 bits per heavy atom. The molecule has 6 nitrogen and oxygen atoms in total. The second-order valence-electron chi connectivity index (χ2n) is 5.70. The van der Waals surface area contributed by atoms with Crippen molar-refractivity contribution in [2.24, 2.45) is 7.05 Å². The largest absolute Gasteiger partial charge is 0.507 e. The maximum atomic E-state index is 12.9. The molecule has 0 unspecified atom stereocenters. The summed E-state index contributed by atoms with van der Waals surface area (Å²) in [6.07, 6.45) is 2.47. The summed E-state index contributed by atoms with van der Waals surface area (Å²) < 4.78 is 14.3. The van der Waals surface area contributed by atoms with E-state index >= 15 is 0 Å². The molecule has 23 heavy (non-hydrogen) atoms. The predicted molar refractivity (Wildman–Crippen MR) is 82.2 cm³/mol. The van der Waals surface area contributed by atoms with E-state index in [1.165, 1.54) is 10.6 Å². The van der Waals surface area contributed by atoms with Crippen LogP contribution in [0.25, 0.3) is 0 Å². The summed E-state index contributed by atoms with van der Waals surface area (Å²) in [7, 11) is 1.59. The van der Waals surface area contributed by atoms with Gasteiger partial charge in [-0.05, 0) is 30.9 Å². The Labute approximate surface area is 131 Å². The van der Waals surface area contributed by atoms with Gasteiger partial charge in [0, 0.05) is 18.3 Å². The van der Waals surface area contributed by atoms with Crippen LogP contribution in [0.4, 0.5) is 10.2 Å². The topological polar surface area (TPSA) is 84.2 Å². The molecule has 2 N–H and O–H groups in total. The minimum absolute atomic E-state index is 0.0762. The molecule has 2 aromatic heterocycles. The smallest absolute Gasteiger partial charge is 0.267 e. The van der Waals surface area contributed by atoms with Gasteiger partial charge in [-0.25, -0.2) is 9.37 Å². The molecule has 1 atom stereocenters. The first-order chi connectivity index (χ1) is 10.9. The van der Waals surface area contributed by atoms with Gasteiger partial charge in [0.1, 0.15) is 22.9 Å². The molecule has 2 aromatic rings. The fraction of sp³-hybridized carbons (Fsp3) is 0.312. The molecule has 0 radical (unpaired) electrons. The number of anilines is 1. The quantitative estimate of drug-likeness (QED) is 0.886. The highest BCUT2D eigenvalue weighted by atomic mass is 19.1. The number of nitrogens with zero attached hydrogens (tertiary/aromatic N) is 2. The Morgan fingerprint density at radius 2 is 2.22 bits per heavy atom. The predicted octanol–water partition coefficient (Wildman–Crippen LogP) is 1.93. The number of carbonyl (C=O) groups is 1. The first-order valence-electron chi connectivity index (χ1n) is 7.27. The van der Waals surface area contributed by atoms with Gasteiger partial charge in [-0.1, -0.05) is 6.92 Å². The lowest BCUT2D eigenvalue weighted by molar-refractivity contribution is 0.102. The Balaban J connectivity index is 2.04. The molecule has 0 bridgehead atoms. The van der Waals surface area contributed by atoms with Gasteiger partial charge < -0.3 is 15.0 Å². The summed E-state index contributed by atoms with van der Waals surface area (Å²) in [5.74, 6) is -1.39. The summed E-state index contributed by atoms with van der Waals surface area (Å²) in [6.45, 7) is 1.94. The monoisotopic (exact) mass is 317 g/mol. The molecule has 1 amide bonds. The minimum Gasteiger partial charge on any atom is -0.507 e. The van der Waals surface area contributed by atoms with Crippen LogP contribution in [0.5, 0.6) is 5.75 Å². The van der Waals surface area contributed by atoms with E-state index in [1.807, 2.05) is 6.92 Å². The molecule has 0 spiro atoms. The average molecular weight is 317 g/mol. The van der Waals surface area contributed by atoms with Gasteiger partial charge in [-0.3, -0.25) is 9.59 Å². The molecule has 0 fully saturated rings. The van der Waals surface area contributed by atoms with E-state index in [2.05, 4.69) is 10.3 Å². The first-order valence-corrected chi connectivity index (χ1v) is 7.27. The molecule has 7 heteroatoms. The molecular formula is C16H16FN3O3. The van der Waals surface area contributed by atoms with Gasteiger partial charge >= 0.3 is 0 Å². The number of hydrogen-bond donors (Lipinski definition) is 2. The number of halogens is 1. The number of rotatable bonds is 2. The molecule has 0 aromatic carbocycles. The molecular weight excluding hydrogens is 301 g/mol. The summed E-state index contributed by atoms with van der Waals surface area (Å²) in [5, 5.41) is 12.8. The average Bonchev–Trinajstić information content (AvgIpc) is 2.90. The minimum atomic E-state index is -0.760. The number of aromatic hydroxyl groups is 1. The second kappa shape index (κ2) is 5.49. The summed E-state index contributed by atoms with van der Waals surface area (Å²) in [6, 6.07) is 2.43. The maximum Gasteiger partial charge on any atom is 0.267 e. The first kappa shape index (κ1) is 15.2. The highest BCUT2D eigenvalue weighted by molar-refractivity contribution is 6.05. The number of pyridine rings is 2. The van der Waals surface area contributed by atoms with Crippen molar-refractivity contribution in [1.29, 1.82) is 0 Å². The lowest BCUT2D eigenvalue weighted by Gasteiger charge is -2.15. The Bertz CT molecular complexity index is 843. The molecule has 2 heterocycles. The lowest BCUT2D eigenvalue weighted by Crippen LogP contribution is -2.30. The van der Waals surface area contributed by atoms with Gasteiger partial charge in [-0.2, -0.15) is 0 Å². The van der Waals surface area contributed by atoms with E-state index in [4.69, 9.17) is 0 Å². The van der Waals surface area contributed by atoms with Crippen molar-refractivity contribution < 1.29 is 14.3 Å². The molecule has 1 aliphatic carbocycles. The van der Waals surface area contributed by atoms with Crippen LogP contribution in [0.1, 0.15) is 40.9 Å². The molecule has 0 aliphatic heterocycles. The van der Waals surface area contributed by atoms with Crippen molar-refractivity contribution in [3.63, 3.8) is 0 Å². The summed E-state index contributed by atoms with van der Waals surface area (Å²) in [5.41, 5.74) is 0.529. The van der Waals surface area contributed by atoms with E-state index in [1.54, 1.807) is 7.05 Å². The number of amides is 1. The van der Waals surface area contributed by atoms with Gasteiger partial charge in [-0.15, -0.1) is 0 Å². The van der Waals surface area contributed by atoms with Crippen LogP contribution in [0.2, 0.25) is 0 Å². The number of aromatic nitrogens is 2. The lowest BCUT2D eigenvalue weighted by atomic mass is 10.0. The molecule has 1 aliphatic rings. The second-order valence-corrected chi connectivity index (χ2v) is 5.70.